The number of hydrogen-bond acceptors (Lipinski definition) is 12. The van der Waals surface area contributed by atoms with Crippen LogP contribution in [-0.4, -0.2) is 41.7 Å². The van der Waals surface area contributed by atoms with Gasteiger partial charge in [-0.25, -0.2) is 38.0 Å². The van der Waals surface area contributed by atoms with Gasteiger partial charge in [0.1, 0.15) is 0 Å². The summed E-state index contributed by atoms with van der Waals surface area (Å²) in [7, 11) is -3.94. The number of rotatable bonds is 2. The Bertz CT molecular complexity index is 1430. The molecule has 0 bridgehead atoms. The van der Waals surface area contributed by atoms with E-state index in [2.05, 4.69) is 34.5 Å². The average Bonchev–Trinajstić information content (AvgIpc) is 3.38. The van der Waals surface area contributed by atoms with E-state index in [4.69, 9.17) is 43.8 Å². The van der Waals surface area contributed by atoms with Gasteiger partial charge in [-0.15, -0.1) is 15.6 Å². The summed E-state index contributed by atoms with van der Waals surface area (Å²) in [6.45, 7) is 8.05. The molecular formula is C23H24CdClN7O7. The Morgan fingerprint density at radius 3 is 1.26 bits per heavy atom. The van der Waals surface area contributed by atoms with Gasteiger partial charge >= 0.3 is 27.3 Å². The molecule has 16 heteroatoms. The monoisotopic (exact) mass is 659 g/mol. The summed E-state index contributed by atoms with van der Waals surface area (Å²) in [6.07, 6.45) is 0. The first-order valence-corrected chi connectivity index (χ1v) is 11.9. The molecule has 0 amide bonds. The molecule has 39 heavy (non-hydrogen) atoms. The molecule has 4 heterocycles. The van der Waals surface area contributed by atoms with Crippen LogP contribution in [0.25, 0.3) is 33.4 Å². The molecule has 0 radical (unpaired) electrons. The van der Waals surface area contributed by atoms with Crippen molar-refractivity contribution in [2.24, 2.45) is 5.34 Å². The third-order valence-electron chi connectivity index (χ3n) is 4.94. The van der Waals surface area contributed by atoms with E-state index in [0.717, 1.165) is 68.7 Å². The van der Waals surface area contributed by atoms with Crippen molar-refractivity contribution in [2.45, 2.75) is 27.7 Å². The van der Waals surface area contributed by atoms with E-state index in [1.807, 2.05) is 61.3 Å². The van der Waals surface area contributed by atoms with Gasteiger partial charge in [-0.2, -0.15) is 10.2 Å². The molecular weight excluding hydrogens is 634 g/mol. The van der Waals surface area contributed by atoms with Crippen molar-refractivity contribution in [3.63, 3.8) is 0 Å². The zero-order chi connectivity index (χ0) is 28.6. The predicted molar refractivity (Wildman–Crippen MR) is 128 cm³/mol. The van der Waals surface area contributed by atoms with Crippen LogP contribution in [0.1, 0.15) is 22.8 Å². The normalized spacial score (nSPS) is 10.3. The molecule has 0 saturated heterocycles. The van der Waals surface area contributed by atoms with Crippen molar-refractivity contribution in [2.75, 3.05) is 7.11 Å². The predicted octanol–water partition coefficient (Wildman–Crippen LogP) is -0.511. The quantitative estimate of drug-likeness (QED) is 0.110. The van der Waals surface area contributed by atoms with Gasteiger partial charge in [0.2, 0.25) is 0 Å². The Labute approximate surface area is 245 Å². The number of halogens is 1. The maximum Gasteiger partial charge on any atom is 2.00 e. The molecule has 4 aromatic heterocycles. The van der Waals surface area contributed by atoms with Crippen LogP contribution in [0.15, 0.2) is 53.9 Å². The number of nitrogens with zero attached hydrogens (tertiary/aromatic N) is 7. The van der Waals surface area contributed by atoms with Crippen molar-refractivity contribution < 1.29 is 61.3 Å². The first kappa shape index (κ1) is 33.9. The number of benzene rings is 1. The van der Waals surface area contributed by atoms with E-state index >= 15 is 0 Å². The van der Waals surface area contributed by atoms with Crippen LogP contribution in [0.2, 0.25) is 0 Å². The molecule has 1 aromatic carbocycles. The number of aliphatic hydroxyl groups excluding tert-OH is 1. The second-order valence-electron chi connectivity index (χ2n) is 7.68. The molecule has 0 spiro atoms. The Kier molecular flexibility index (Phi) is 12.9. The zero-order valence-corrected chi connectivity index (χ0v) is 26.5. The van der Waals surface area contributed by atoms with Crippen LogP contribution >= 0.6 is 0 Å². The average molecular weight is 658 g/mol. The molecule has 0 unspecified atom stereocenters. The van der Waals surface area contributed by atoms with Gasteiger partial charge in [0, 0.05) is 29.3 Å². The summed E-state index contributed by atoms with van der Waals surface area (Å²) in [4.78, 5) is 17.8. The molecule has 14 nitrogen and oxygen atoms in total. The van der Waals surface area contributed by atoms with Gasteiger partial charge in [-0.3, -0.25) is 0 Å². The fourth-order valence-corrected chi connectivity index (χ4v) is 3.70. The minimum atomic E-state index is -4.94. The largest absolute Gasteiger partial charge is 2.00 e. The van der Waals surface area contributed by atoms with Crippen LogP contribution in [0.3, 0.4) is 0 Å². The molecule has 0 aliphatic carbocycles. The SMILES string of the molecule is CO.Cc1cc(C)n(-c2ccc3ccc4ccc(-n5nc(C)cc5C)nc4c3n2)n1.O=N[O-].[Cd+2].[O-][Cl+3]([O-])([O-])[O-]. The Hall–Kier alpha value is -3.13. The summed E-state index contributed by atoms with van der Waals surface area (Å²) >= 11 is 0. The third-order valence-corrected chi connectivity index (χ3v) is 4.94. The van der Waals surface area contributed by atoms with Crippen molar-refractivity contribution in [1.82, 2.24) is 29.5 Å². The smallest absolute Gasteiger partial charge is 0.444 e. The fraction of sp³-hybridized carbons (Fsp3) is 0.217. The molecule has 0 aliphatic rings. The molecule has 202 valence electrons. The van der Waals surface area contributed by atoms with Gasteiger partial charge in [-0.05, 0) is 64.1 Å². The number of pyridine rings is 2. The van der Waals surface area contributed by atoms with Crippen molar-refractivity contribution in [3.8, 4) is 11.6 Å². The van der Waals surface area contributed by atoms with Gasteiger partial charge < -0.3 is 15.2 Å². The molecule has 0 fully saturated rings. The van der Waals surface area contributed by atoms with Gasteiger partial charge in [0.15, 0.2) is 11.6 Å². The van der Waals surface area contributed by atoms with E-state index < -0.39 is 10.2 Å². The van der Waals surface area contributed by atoms with Crippen LogP contribution < -0.4 is 18.6 Å². The van der Waals surface area contributed by atoms with E-state index in [9.17, 15) is 0 Å². The van der Waals surface area contributed by atoms with Gasteiger partial charge in [0.05, 0.1) is 22.4 Å². The van der Waals surface area contributed by atoms with Gasteiger partial charge in [-0.1, -0.05) is 12.1 Å². The van der Waals surface area contributed by atoms with E-state index in [1.54, 1.807) is 0 Å². The second kappa shape index (κ2) is 14.9. The van der Waals surface area contributed by atoms with Crippen molar-refractivity contribution in [3.05, 3.63) is 81.4 Å². The van der Waals surface area contributed by atoms with Crippen LogP contribution in [0.4, 0.5) is 0 Å². The molecule has 0 atom stereocenters. The molecule has 5 aromatic rings. The molecule has 1 N–H and O–H groups in total. The van der Waals surface area contributed by atoms with Crippen LogP contribution in [0, 0.1) is 48.1 Å². The number of fused-ring (bicyclic) bond motifs is 3. The second-order valence-corrected chi connectivity index (χ2v) is 8.43. The number of aryl methyl sites for hydroxylation is 4. The summed E-state index contributed by atoms with van der Waals surface area (Å²) in [5.41, 5.74) is 5.79. The Balaban J connectivity index is 0.000000606. The van der Waals surface area contributed by atoms with Crippen molar-refractivity contribution >= 4 is 21.8 Å². The Morgan fingerprint density at radius 1 is 0.718 bits per heavy atom. The summed E-state index contributed by atoms with van der Waals surface area (Å²) < 4.78 is 37.7. The summed E-state index contributed by atoms with van der Waals surface area (Å²) in [5.74, 6) is 1.59. The fourth-order valence-electron chi connectivity index (χ4n) is 3.70. The van der Waals surface area contributed by atoms with E-state index in [-0.39, 0.29) is 27.3 Å². The minimum absolute atomic E-state index is 0. The number of aliphatic hydroxyl groups is 1. The molecule has 0 aliphatic heterocycles. The standard InChI is InChI=1S/C22H20N6.CH4O.Cd.ClHO4.HNO2/c1-13-11-15(3)27(25-13)19-9-7-17-5-6-18-8-10-20(24-22(18)21(17)23-19)28-16(4)12-14(2)26-28;1-2;;2-1(3,4)5;2-1-3/h5-12H,1-4H3;2H,1H3;;(H,2,3,4,5);(H,2,3)/q;;+2;;/p-2. The topological polar surface area (TPSA) is 226 Å². The molecule has 0 saturated carbocycles. The summed E-state index contributed by atoms with van der Waals surface area (Å²) in [6, 6.07) is 16.4. The van der Waals surface area contributed by atoms with Gasteiger partial charge in [0.25, 0.3) is 0 Å². The number of aromatic nitrogens is 6. The van der Waals surface area contributed by atoms with Crippen LogP contribution in [0.5, 0.6) is 0 Å². The van der Waals surface area contributed by atoms with Crippen molar-refractivity contribution in [1.29, 1.82) is 0 Å². The zero-order valence-electron chi connectivity index (χ0n) is 21.7. The molecule has 5 rings (SSSR count). The minimum Gasteiger partial charge on any atom is -0.444 e. The maximum atomic E-state index is 8.49. The third kappa shape index (κ3) is 9.24. The van der Waals surface area contributed by atoms with Crippen LogP contribution in [-0.2, 0) is 27.3 Å². The maximum absolute atomic E-state index is 8.49. The summed E-state index contributed by atoms with van der Waals surface area (Å²) in [5, 5.41) is 27.2. The van der Waals surface area contributed by atoms with E-state index in [0.29, 0.717) is 0 Å². The van der Waals surface area contributed by atoms with E-state index in [1.165, 1.54) is 0 Å². The first-order valence-electron chi connectivity index (χ1n) is 10.7. The first-order chi connectivity index (χ1) is 17.9. The Morgan fingerprint density at radius 2 is 1.00 bits per heavy atom. The number of hydrogen-bond donors (Lipinski definition) is 1.